The van der Waals surface area contributed by atoms with Gasteiger partial charge in [-0.3, -0.25) is 14.6 Å². The van der Waals surface area contributed by atoms with Gasteiger partial charge in [-0.05, 0) is 54.8 Å². The smallest absolute Gasteiger partial charge is 0.326 e. The van der Waals surface area contributed by atoms with Crippen molar-refractivity contribution in [1.82, 2.24) is 15.6 Å². The lowest BCUT2D eigenvalue weighted by Crippen LogP contribution is -2.43. The minimum absolute atomic E-state index is 0.202. The highest BCUT2D eigenvalue weighted by Gasteiger charge is 2.27. The average Bonchev–Trinajstić information content (AvgIpc) is 3.01. The van der Waals surface area contributed by atoms with Crippen LogP contribution in [0.3, 0.4) is 0 Å². The van der Waals surface area contributed by atoms with Crippen LogP contribution in [0.2, 0.25) is 5.02 Å². The molecule has 0 unspecified atom stereocenters. The van der Waals surface area contributed by atoms with E-state index in [1.807, 2.05) is 31.2 Å². The number of aryl methyl sites for hydroxylation is 1. The number of fused-ring (bicyclic) bond motifs is 1. The van der Waals surface area contributed by atoms with E-state index >= 15 is 8.78 Å². The molecule has 4 aromatic carbocycles. The van der Waals surface area contributed by atoms with E-state index < -0.39 is 47.1 Å². The summed E-state index contributed by atoms with van der Waals surface area (Å²) in [4.78, 5) is 42.4. The zero-order valence-corrected chi connectivity index (χ0v) is 25.0. The third kappa shape index (κ3) is 6.84. The van der Waals surface area contributed by atoms with Crippen LogP contribution in [0.5, 0.6) is 0 Å². The number of rotatable bonds is 9. The molecule has 45 heavy (non-hydrogen) atoms. The molecule has 0 saturated heterocycles. The highest BCUT2D eigenvalue weighted by Crippen LogP contribution is 2.35. The zero-order valence-electron chi connectivity index (χ0n) is 24.3. The molecule has 0 spiro atoms. The Morgan fingerprint density at radius 1 is 0.867 bits per heavy atom. The van der Waals surface area contributed by atoms with Gasteiger partial charge in [-0.25, -0.2) is 13.6 Å². The van der Waals surface area contributed by atoms with Gasteiger partial charge in [0, 0.05) is 39.7 Å². The lowest BCUT2D eigenvalue weighted by Gasteiger charge is -2.18. The summed E-state index contributed by atoms with van der Waals surface area (Å²) in [6, 6.07) is 21.1. The van der Waals surface area contributed by atoms with Crippen LogP contribution >= 0.6 is 11.6 Å². The van der Waals surface area contributed by atoms with Gasteiger partial charge in [0.15, 0.2) is 0 Å². The van der Waals surface area contributed by atoms with Crippen molar-refractivity contribution >= 4 is 40.3 Å². The molecule has 0 aliphatic carbocycles. The second-order valence-electron chi connectivity index (χ2n) is 10.6. The number of halogens is 3. The summed E-state index contributed by atoms with van der Waals surface area (Å²) >= 11 is 6.51. The van der Waals surface area contributed by atoms with Gasteiger partial charge in [0.25, 0.3) is 11.8 Å². The first-order valence-corrected chi connectivity index (χ1v) is 14.4. The standard InChI is InChI=1S/C35H28ClF2N3O4/c1-19-10-12-25(27(36)15-19)26-13-11-22(24-9-6-14-39-32(24)26)18-30(35(44)45)41-34(43)31-28(37)16-23(17-29(31)38)33(42)40-20(2)21-7-4-3-5-8-21/h3-17,20,30H,18H2,1-2H3,(H,40,42)(H,41,43)(H,44,45)/t20-,30-/m0/s1. The van der Waals surface area contributed by atoms with Crippen LogP contribution < -0.4 is 10.6 Å². The Morgan fingerprint density at radius 2 is 1.56 bits per heavy atom. The number of pyridine rings is 1. The minimum Gasteiger partial charge on any atom is -0.480 e. The molecule has 2 amide bonds. The molecular weight excluding hydrogens is 600 g/mol. The molecule has 5 aromatic rings. The van der Waals surface area contributed by atoms with E-state index in [0.29, 0.717) is 21.5 Å². The SMILES string of the molecule is Cc1ccc(-c2ccc(C[C@H](NC(=O)c3c(F)cc(C(=O)N[C@@H](C)c4ccccc4)cc3F)C(=O)O)c3cccnc23)c(Cl)c1. The molecule has 5 rings (SSSR count). The van der Waals surface area contributed by atoms with Gasteiger partial charge >= 0.3 is 5.97 Å². The summed E-state index contributed by atoms with van der Waals surface area (Å²) in [6.45, 7) is 3.64. The largest absolute Gasteiger partial charge is 0.480 e. The molecule has 10 heteroatoms. The summed E-state index contributed by atoms with van der Waals surface area (Å²) in [5.41, 5.74) is 3.05. The molecule has 228 valence electrons. The zero-order chi connectivity index (χ0) is 32.2. The van der Waals surface area contributed by atoms with E-state index in [4.69, 9.17) is 11.6 Å². The number of aromatic nitrogens is 1. The minimum atomic E-state index is -1.54. The van der Waals surface area contributed by atoms with E-state index in [9.17, 15) is 19.5 Å². The molecule has 3 N–H and O–H groups in total. The first-order chi connectivity index (χ1) is 21.5. The maximum Gasteiger partial charge on any atom is 0.326 e. The number of carbonyl (C=O) groups is 3. The highest BCUT2D eigenvalue weighted by atomic mass is 35.5. The van der Waals surface area contributed by atoms with E-state index in [1.165, 1.54) is 0 Å². The van der Waals surface area contributed by atoms with E-state index in [2.05, 4.69) is 15.6 Å². The second kappa shape index (κ2) is 13.2. The van der Waals surface area contributed by atoms with E-state index in [0.717, 1.165) is 34.4 Å². The fraction of sp³-hybridized carbons (Fsp3) is 0.143. The Bertz CT molecular complexity index is 1910. The van der Waals surface area contributed by atoms with Gasteiger partial charge in [-0.1, -0.05) is 72.3 Å². The molecule has 0 radical (unpaired) electrons. The maximum atomic E-state index is 15.1. The summed E-state index contributed by atoms with van der Waals surface area (Å²) in [7, 11) is 0. The van der Waals surface area contributed by atoms with Crippen LogP contribution in [-0.4, -0.2) is 33.9 Å². The number of nitrogens with zero attached hydrogens (tertiary/aromatic N) is 1. The van der Waals surface area contributed by atoms with Gasteiger partial charge in [0.2, 0.25) is 0 Å². The third-order valence-corrected chi connectivity index (χ3v) is 7.79. The number of carbonyl (C=O) groups excluding carboxylic acids is 2. The molecule has 1 aromatic heterocycles. The molecule has 1 heterocycles. The Kier molecular flexibility index (Phi) is 9.20. The van der Waals surface area contributed by atoms with Crippen molar-refractivity contribution in [1.29, 1.82) is 0 Å². The molecule has 0 aliphatic heterocycles. The number of carboxylic acid groups (broad SMARTS) is 1. The lowest BCUT2D eigenvalue weighted by atomic mass is 9.94. The average molecular weight is 628 g/mol. The lowest BCUT2D eigenvalue weighted by molar-refractivity contribution is -0.139. The number of amides is 2. The van der Waals surface area contributed by atoms with Gasteiger partial charge < -0.3 is 15.7 Å². The van der Waals surface area contributed by atoms with Crippen molar-refractivity contribution < 1.29 is 28.3 Å². The predicted octanol–water partition coefficient (Wildman–Crippen LogP) is 7.06. The van der Waals surface area contributed by atoms with Gasteiger partial charge in [-0.15, -0.1) is 0 Å². The molecule has 0 bridgehead atoms. The van der Waals surface area contributed by atoms with E-state index in [-0.39, 0.29) is 12.0 Å². The summed E-state index contributed by atoms with van der Waals surface area (Å²) in [5.74, 6) is -6.02. The topological polar surface area (TPSA) is 108 Å². The first kappa shape index (κ1) is 31.3. The molecule has 0 saturated carbocycles. The second-order valence-corrected chi connectivity index (χ2v) is 11.1. The molecule has 7 nitrogen and oxygen atoms in total. The normalized spacial score (nSPS) is 12.4. The Balaban J connectivity index is 1.37. The first-order valence-electron chi connectivity index (χ1n) is 14.0. The van der Waals surface area contributed by atoms with Crippen molar-refractivity contribution in [3.05, 3.63) is 136 Å². The summed E-state index contributed by atoms with van der Waals surface area (Å²) in [6.07, 6.45) is 1.40. The monoisotopic (exact) mass is 627 g/mol. The van der Waals surface area contributed by atoms with E-state index in [1.54, 1.807) is 61.7 Å². The third-order valence-electron chi connectivity index (χ3n) is 7.48. The van der Waals surface area contributed by atoms with Gasteiger partial charge in [0.1, 0.15) is 23.2 Å². The fourth-order valence-corrected chi connectivity index (χ4v) is 5.48. The van der Waals surface area contributed by atoms with Gasteiger partial charge in [0.05, 0.1) is 11.6 Å². The Morgan fingerprint density at radius 3 is 2.22 bits per heavy atom. The van der Waals surface area contributed by atoms with Crippen molar-refractivity contribution in [2.75, 3.05) is 0 Å². The highest BCUT2D eigenvalue weighted by molar-refractivity contribution is 6.33. The Labute approximate surface area is 262 Å². The van der Waals surface area contributed by atoms with Crippen molar-refractivity contribution in [3.8, 4) is 11.1 Å². The van der Waals surface area contributed by atoms with Crippen molar-refractivity contribution in [2.24, 2.45) is 0 Å². The molecule has 2 atom stereocenters. The Hall–Kier alpha value is -5.15. The number of carboxylic acids is 1. The molecule has 0 aliphatic rings. The maximum absolute atomic E-state index is 15.1. The molecular formula is C35H28ClF2N3O4. The number of benzene rings is 4. The van der Waals surface area contributed by atoms with Crippen LogP contribution in [0, 0.1) is 18.6 Å². The predicted molar refractivity (Wildman–Crippen MR) is 168 cm³/mol. The van der Waals surface area contributed by atoms with Gasteiger partial charge in [-0.2, -0.15) is 0 Å². The van der Waals surface area contributed by atoms with Crippen LogP contribution in [-0.2, 0) is 11.2 Å². The number of aliphatic carboxylic acids is 1. The molecule has 0 fully saturated rings. The van der Waals surface area contributed by atoms with Crippen molar-refractivity contribution in [3.63, 3.8) is 0 Å². The van der Waals surface area contributed by atoms with Crippen LogP contribution in [0.1, 0.15) is 50.4 Å². The quantitative estimate of drug-likeness (QED) is 0.162. The number of hydrogen-bond acceptors (Lipinski definition) is 4. The van der Waals surface area contributed by atoms with Crippen LogP contribution in [0.25, 0.3) is 22.0 Å². The van der Waals surface area contributed by atoms with Crippen LogP contribution in [0.15, 0.2) is 91.1 Å². The fourth-order valence-electron chi connectivity index (χ4n) is 5.14. The van der Waals surface area contributed by atoms with Crippen LogP contribution in [0.4, 0.5) is 8.78 Å². The summed E-state index contributed by atoms with van der Waals surface area (Å²) in [5, 5.41) is 16.0. The number of nitrogens with one attached hydrogen (secondary N) is 2. The summed E-state index contributed by atoms with van der Waals surface area (Å²) < 4.78 is 30.2. The number of hydrogen-bond donors (Lipinski definition) is 3. The van der Waals surface area contributed by atoms with Crippen molar-refractivity contribution in [2.45, 2.75) is 32.4 Å².